The summed E-state index contributed by atoms with van der Waals surface area (Å²) in [6.45, 7) is 1.42. The van der Waals surface area contributed by atoms with Crippen LogP contribution in [0.2, 0.25) is 0 Å². The van der Waals surface area contributed by atoms with E-state index in [0.717, 1.165) is 47.8 Å². The topological polar surface area (TPSA) is 57.4 Å². The second kappa shape index (κ2) is 5.31. The van der Waals surface area contributed by atoms with Crippen molar-refractivity contribution in [1.29, 1.82) is 0 Å². The minimum atomic E-state index is 0.153. The van der Waals surface area contributed by atoms with E-state index in [1.807, 2.05) is 12.1 Å². The fourth-order valence-electron chi connectivity index (χ4n) is 2.87. The van der Waals surface area contributed by atoms with Gasteiger partial charge in [-0.2, -0.15) is 0 Å². The molecule has 5 heteroatoms. The van der Waals surface area contributed by atoms with Gasteiger partial charge in [-0.25, -0.2) is 4.98 Å². The maximum atomic E-state index is 6.19. The van der Waals surface area contributed by atoms with Crippen LogP contribution in [-0.4, -0.2) is 18.2 Å². The Hall–Kier alpha value is -1.59. The van der Waals surface area contributed by atoms with Crippen molar-refractivity contribution in [3.63, 3.8) is 0 Å². The highest BCUT2D eigenvalue weighted by Gasteiger charge is 2.22. The molecule has 1 aliphatic carbocycles. The second-order valence-corrected chi connectivity index (χ2v) is 6.57. The molecule has 4 nitrogen and oxygen atoms in total. The number of hydrogen-bond donors (Lipinski definition) is 1. The Kier molecular flexibility index (Phi) is 3.31. The minimum absolute atomic E-state index is 0.153. The first kappa shape index (κ1) is 13.1. The van der Waals surface area contributed by atoms with Crippen molar-refractivity contribution in [2.24, 2.45) is 5.73 Å². The molecule has 1 aromatic carbocycles. The van der Waals surface area contributed by atoms with Crippen molar-refractivity contribution in [3.8, 4) is 22.1 Å². The third kappa shape index (κ3) is 2.40. The zero-order valence-corrected chi connectivity index (χ0v) is 12.6. The molecule has 2 aromatic rings. The molecule has 0 spiro atoms. The highest BCUT2D eigenvalue weighted by molar-refractivity contribution is 7.15. The van der Waals surface area contributed by atoms with Gasteiger partial charge in [0, 0.05) is 22.9 Å². The highest BCUT2D eigenvalue weighted by atomic mass is 32.1. The van der Waals surface area contributed by atoms with Gasteiger partial charge >= 0.3 is 0 Å². The number of ether oxygens (including phenoxy) is 2. The molecule has 21 heavy (non-hydrogen) atoms. The number of rotatable bonds is 1. The Bertz CT molecular complexity index is 668. The van der Waals surface area contributed by atoms with Crippen LogP contribution in [0.4, 0.5) is 0 Å². The molecule has 1 unspecified atom stereocenters. The Balaban J connectivity index is 1.72. The number of aryl methyl sites for hydroxylation is 1. The zero-order valence-electron chi connectivity index (χ0n) is 11.8. The molecule has 0 fully saturated rings. The maximum Gasteiger partial charge on any atom is 0.161 e. The third-order valence-electron chi connectivity index (χ3n) is 3.99. The molecule has 0 bridgehead atoms. The molecule has 2 N–H and O–H groups in total. The van der Waals surface area contributed by atoms with Gasteiger partial charge in [-0.15, -0.1) is 11.3 Å². The van der Waals surface area contributed by atoms with Crippen molar-refractivity contribution in [1.82, 2.24) is 4.98 Å². The molecule has 2 heterocycles. The van der Waals surface area contributed by atoms with Crippen LogP contribution >= 0.6 is 11.3 Å². The maximum absolute atomic E-state index is 6.19. The molecule has 110 valence electrons. The Morgan fingerprint density at radius 3 is 2.86 bits per heavy atom. The van der Waals surface area contributed by atoms with Gasteiger partial charge < -0.3 is 15.2 Å². The lowest BCUT2D eigenvalue weighted by molar-refractivity contribution is 0.297. The van der Waals surface area contributed by atoms with E-state index in [0.29, 0.717) is 13.2 Å². The molecule has 1 aromatic heterocycles. The first-order valence-electron chi connectivity index (χ1n) is 7.46. The quantitative estimate of drug-likeness (QED) is 0.878. The molecule has 0 saturated carbocycles. The fourth-order valence-corrected chi connectivity index (χ4v) is 4.02. The smallest absolute Gasteiger partial charge is 0.161 e. The second-order valence-electron chi connectivity index (χ2n) is 5.54. The van der Waals surface area contributed by atoms with E-state index in [-0.39, 0.29) is 6.04 Å². The predicted octanol–water partition coefficient (Wildman–Crippen LogP) is 3.31. The number of aromatic nitrogens is 1. The summed E-state index contributed by atoms with van der Waals surface area (Å²) in [5.41, 5.74) is 8.47. The van der Waals surface area contributed by atoms with Crippen molar-refractivity contribution in [3.05, 3.63) is 28.8 Å². The molecule has 4 rings (SSSR count). The summed E-state index contributed by atoms with van der Waals surface area (Å²) >= 11 is 1.72. The van der Waals surface area contributed by atoms with Gasteiger partial charge in [-0.1, -0.05) is 0 Å². The lowest BCUT2D eigenvalue weighted by atomic mass is 9.99. The van der Waals surface area contributed by atoms with E-state index >= 15 is 0 Å². The van der Waals surface area contributed by atoms with Crippen LogP contribution < -0.4 is 15.2 Å². The number of benzene rings is 1. The average molecular weight is 302 g/mol. The van der Waals surface area contributed by atoms with E-state index in [9.17, 15) is 0 Å². The van der Waals surface area contributed by atoms with E-state index in [2.05, 4.69) is 6.07 Å². The van der Waals surface area contributed by atoms with Crippen LogP contribution in [0.1, 0.15) is 35.9 Å². The molecule has 2 aliphatic rings. The molecule has 1 atom stereocenters. The van der Waals surface area contributed by atoms with E-state index in [1.165, 1.54) is 10.6 Å². The molecule has 0 saturated heterocycles. The van der Waals surface area contributed by atoms with Gasteiger partial charge in [0.05, 0.1) is 18.9 Å². The molecule has 1 aliphatic heterocycles. The number of nitrogens with zero attached hydrogens (tertiary/aromatic N) is 1. The van der Waals surface area contributed by atoms with Crippen LogP contribution in [0.25, 0.3) is 10.6 Å². The van der Waals surface area contributed by atoms with Crippen molar-refractivity contribution in [2.45, 2.75) is 31.7 Å². The van der Waals surface area contributed by atoms with E-state index in [4.69, 9.17) is 20.2 Å². The van der Waals surface area contributed by atoms with Gasteiger partial charge in [0.15, 0.2) is 11.5 Å². The minimum Gasteiger partial charge on any atom is -0.490 e. The van der Waals surface area contributed by atoms with Crippen LogP contribution in [-0.2, 0) is 6.42 Å². The monoisotopic (exact) mass is 302 g/mol. The number of hydrogen-bond acceptors (Lipinski definition) is 5. The molecular formula is C16H18N2O2S. The highest BCUT2D eigenvalue weighted by Crippen LogP contribution is 2.39. The number of thiazole rings is 1. The van der Waals surface area contributed by atoms with Crippen LogP contribution in [0, 0.1) is 0 Å². The van der Waals surface area contributed by atoms with Crippen LogP contribution in [0.5, 0.6) is 11.5 Å². The first-order valence-corrected chi connectivity index (χ1v) is 8.28. The summed E-state index contributed by atoms with van der Waals surface area (Å²) in [6.07, 6.45) is 4.17. The standard InChI is InChI=1S/C16H18N2O2S/c17-11-3-1-4-12-15(11)21-16(18-12)10-5-6-13-14(9-10)20-8-2-7-19-13/h5-6,9,11H,1-4,7-8,17H2. The van der Waals surface area contributed by atoms with Crippen molar-refractivity contribution >= 4 is 11.3 Å². The largest absolute Gasteiger partial charge is 0.490 e. The van der Waals surface area contributed by atoms with Gasteiger partial charge in [0.2, 0.25) is 0 Å². The Labute approximate surface area is 127 Å². The van der Waals surface area contributed by atoms with Gasteiger partial charge in [0.1, 0.15) is 5.01 Å². The number of fused-ring (bicyclic) bond motifs is 2. The first-order chi connectivity index (χ1) is 10.3. The van der Waals surface area contributed by atoms with Gasteiger partial charge in [-0.3, -0.25) is 0 Å². The molecule has 0 radical (unpaired) electrons. The SMILES string of the molecule is NC1CCCc2nc(-c3ccc4c(c3)OCCCO4)sc21. The molecular weight excluding hydrogens is 284 g/mol. The fraction of sp³-hybridized carbons (Fsp3) is 0.438. The Morgan fingerprint density at radius 1 is 1.14 bits per heavy atom. The van der Waals surface area contributed by atoms with Gasteiger partial charge in [0.25, 0.3) is 0 Å². The summed E-state index contributed by atoms with van der Waals surface area (Å²) in [4.78, 5) is 6.04. The third-order valence-corrected chi connectivity index (χ3v) is 5.27. The average Bonchev–Trinajstić information content (AvgIpc) is 2.80. The van der Waals surface area contributed by atoms with Gasteiger partial charge in [-0.05, 0) is 37.5 Å². The van der Waals surface area contributed by atoms with E-state index in [1.54, 1.807) is 11.3 Å². The Morgan fingerprint density at radius 2 is 2.00 bits per heavy atom. The lowest BCUT2D eigenvalue weighted by Crippen LogP contribution is -2.15. The summed E-state index contributed by atoms with van der Waals surface area (Å²) in [5, 5.41) is 1.04. The van der Waals surface area contributed by atoms with Crippen molar-refractivity contribution < 1.29 is 9.47 Å². The summed E-state index contributed by atoms with van der Waals surface area (Å²) in [7, 11) is 0. The van der Waals surface area contributed by atoms with Crippen LogP contribution in [0.15, 0.2) is 18.2 Å². The lowest BCUT2D eigenvalue weighted by Gasteiger charge is -2.15. The van der Waals surface area contributed by atoms with Crippen molar-refractivity contribution in [2.75, 3.05) is 13.2 Å². The summed E-state index contributed by atoms with van der Waals surface area (Å²) < 4.78 is 11.4. The predicted molar refractivity (Wildman–Crippen MR) is 83.0 cm³/mol. The normalized spacial score (nSPS) is 20.7. The zero-order chi connectivity index (χ0) is 14.2. The van der Waals surface area contributed by atoms with Crippen LogP contribution in [0.3, 0.4) is 0 Å². The molecule has 0 amide bonds. The summed E-state index contributed by atoms with van der Waals surface area (Å²) in [6, 6.07) is 6.23. The van der Waals surface area contributed by atoms with E-state index < -0.39 is 0 Å². The number of nitrogens with two attached hydrogens (primary N) is 1. The summed E-state index contributed by atoms with van der Waals surface area (Å²) in [5.74, 6) is 1.65.